The van der Waals surface area contributed by atoms with Crippen molar-refractivity contribution in [3.63, 3.8) is 0 Å². The molecule has 12 heteroatoms. The minimum absolute atomic E-state index is 0.0769. The number of methoxy groups -OCH3 is 1. The van der Waals surface area contributed by atoms with Crippen LogP contribution in [0.25, 0.3) is 11.0 Å². The summed E-state index contributed by atoms with van der Waals surface area (Å²) in [6.45, 7) is 2.80. The molecule has 2 atom stereocenters. The Bertz CT molecular complexity index is 1440. The first-order chi connectivity index (χ1) is 16.1. The van der Waals surface area contributed by atoms with E-state index in [9.17, 15) is 8.42 Å². The van der Waals surface area contributed by atoms with Crippen molar-refractivity contribution in [3.8, 4) is 5.88 Å². The average molecular weight is 487 g/mol. The van der Waals surface area contributed by atoms with E-state index in [1.165, 1.54) is 45.4 Å². The molecule has 0 spiro atoms. The van der Waals surface area contributed by atoms with Gasteiger partial charge >= 0.3 is 0 Å². The van der Waals surface area contributed by atoms with Gasteiger partial charge in [0.25, 0.3) is 0 Å². The first-order valence-electron chi connectivity index (χ1n) is 10.5. The normalized spacial score (nSPS) is 24.9. The number of hydrogen-bond donors (Lipinski definition) is 2. The third kappa shape index (κ3) is 3.12. The summed E-state index contributed by atoms with van der Waals surface area (Å²) in [7, 11) is -2.33. The monoisotopic (exact) mass is 486 g/mol. The van der Waals surface area contributed by atoms with Crippen LogP contribution >= 0.6 is 0 Å². The zero-order valence-corrected chi connectivity index (χ0v) is 19.6. The summed E-state index contributed by atoms with van der Waals surface area (Å²) in [5.74, 6) is 0.0641. The molecule has 0 aliphatic carbocycles. The van der Waals surface area contributed by atoms with Gasteiger partial charge in [-0.05, 0) is 38.1 Å². The van der Waals surface area contributed by atoms with E-state index in [0.717, 1.165) is 0 Å². The van der Waals surface area contributed by atoms with E-state index in [1.54, 1.807) is 12.3 Å². The van der Waals surface area contributed by atoms with E-state index >= 15 is 4.39 Å². The molecule has 0 unspecified atom stereocenters. The standard InChI is InChI=1S/C22H23FN6O4S/c1-21(2)20(24)29-22(11-33-10-16(22)34(21,30)31)13-8-12(4-5-14(13)23)27-19-18-15(6-7-25-19)28-17(32-3)9-26-18/h4-9,16H,10-11H2,1-3H3,(H2,24,29)(H,25,27)/t16-,22-/m1/s1. The number of aromatic nitrogens is 3. The van der Waals surface area contributed by atoms with E-state index in [2.05, 4.69) is 25.3 Å². The van der Waals surface area contributed by atoms with Gasteiger partial charge in [-0.15, -0.1) is 0 Å². The Morgan fingerprint density at radius 3 is 2.82 bits per heavy atom. The van der Waals surface area contributed by atoms with E-state index in [-0.39, 0.29) is 24.6 Å². The van der Waals surface area contributed by atoms with Crippen molar-refractivity contribution < 1.29 is 22.3 Å². The summed E-state index contributed by atoms with van der Waals surface area (Å²) in [5, 5.41) is 2.06. The highest BCUT2D eigenvalue weighted by Gasteiger charge is 2.62. The fourth-order valence-electron chi connectivity index (χ4n) is 4.36. The molecule has 2 aromatic heterocycles. The number of anilines is 2. The quantitative estimate of drug-likeness (QED) is 0.567. The number of hydrogen-bond acceptors (Lipinski definition) is 10. The van der Waals surface area contributed by atoms with Crippen LogP contribution in [0, 0.1) is 5.82 Å². The highest BCUT2D eigenvalue weighted by atomic mass is 32.2. The lowest BCUT2D eigenvalue weighted by molar-refractivity contribution is 0.178. The molecule has 178 valence electrons. The molecule has 1 aromatic carbocycles. The molecule has 0 radical (unpaired) electrons. The van der Waals surface area contributed by atoms with E-state index in [1.807, 2.05) is 0 Å². The van der Waals surface area contributed by atoms with Gasteiger partial charge in [-0.25, -0.2) is 27.8 Å². The van der Waals surface area contributed by atoms with Crippen molar-refractivity contribution >= 4 is 38.2 Å². The zero-order chi connectivity index (χ0) is 24.3. The van der Waals surface area contributed by atoms with Crippen LogP contribution in [0.3, 0.4) is 0 Å². The first kappa shape index (κ1) is 22.4. The number of halogens is 1. The van der Waals surface area contributed by atoms with Gasteiger partial charge in [0.1, 0.15) is 32.7 Å². The lowest BCUT2D eigenvalue weighted by Gasteiger charge is -2.41. The van der Waals surface area contributed by atoms with E-state index < -0.39 is 31.2 Å². The van der Waals surface area contributed by atoms with Crippen molar-refractivity contribution in [2.75, 3.05) is 25.6 Å². The number of ether oxygens (including phenoxy) is 2. The Hall–Kier alpha value is -3.38. The van der Waals surface area contributed by atoms with E-state index in [4.69, 9.17) is 15.2 Å². The average Bonchev–Trinajstić information content (AvgIpc) is 3.24. The number of amidine groups is 1. The Balaban J connectivity index is 1.61. The number of rotatable bonds is 4. The van der Waals surface area contributed by atoms with Crippen LogP contribution in [0.1, 0.15) is 19.4 Å². The summed E-state index contributed by atoms with van der Waals surface area (Å²) < 4.78 is 51.2. The maximum absolute atomic E-state index is 15.2. The van der Waals surface area contributed by atoms with Gasteiger partial charge in [0.15, 0.2) is 15.7 Å². The third-order valence-corrected chi connectivity index (χ3v) is 9.40. The molecule has 1 saturated heterocycles. The van der Waals surface area contributed by atoms with Crippen LogP contribution in [-0.4, -0.2) is 59.5 Å². The highest BCUT2D eigenvalue weighted by molar-refractivity contribution is 7.94. The summed E-state index contributed by atoms with van der Waals surface area (Å²) in [5.41, 5.74) is 6.20. The van der Waals surface area contributed by atoms with Gasteiger partial charge in [0, 0.05) is 17.4 Å². The number of aliphatic imine (C=N–C) groups is 1. The molecule has 10 nitrogen and oxygen atoms in total. The van der Waals surface area contributed by atoms with Gasteiger partial charge in [-0.3, -0.25) is 4.99 Å². The maximum Gasteiger partial charge on any atom is 0.232 e. The topological polar surface area (TPSA) is 142 Å². The largest absolute Gasteiger partial charge is 0.480 e. The van der Waals surface area contributed by atoms with Crippen LogP contribution in [0.2, 0.25) is 0 Å². The van der Waals surface area contributed by atoms with Gasteiger partial charge in [0.2, 0.25) is 5.88 Å². The molecule has 1 fully saturated rings. The van der Waals surface area contributed by atoms with Crippen LogP contribution in [0.15, 0.2) is 41.7 Å². The summed E-state index contributed by atoms with van der Waals surface area (Å²) in [6, 6.07) is 5.97. The van der Waals surface area contributed by atoms with Crippen LogP contribution in [-0.2, 0) is 20.1 Å². The smallest absolute Gasteiger partial charge is 0.232 e. The first-order valence-corrected chi connectivity index (χ1v) is 12.0. The fourth-order valence-corrected chi connectivity index (χ4v) is 6.44. The van der Waals surface area contributed by atoms with Crippen molar-refractivity contribution in [2.24, 2.45) is 10.7 Å². The fraction of sp³-hybridized carbons (Fsp3) is 0.364. The lowest BCUT2D eigenvalue weighted by atomic mass is 9.87. The van der Waals surface area contributed by atoms with Gasteiger partial charge in [-0.1, -0.05) is 0 Å². The molecular formula is C22H23FN6O4S. The SMILES string of the molecule is COc1cnc2c(Nc3ccc(F)c([C@]45COC[C@H]4S(=O)(=O)C(C)(C)C(N)=N5)c3)nccc2n1. The minimum atomic E-state index is -3.83. The second-order valence-electron chi connectivity index (χ2n) is 8.74. The molecule has 5 rings (SSSR count). The highest BCUT2D eigenvalue weighted by Crippen LogP contribution is 2.47. The molecule has 0 amide bonds. The van der Waals surface area contributed by atoms with Crippen LogP contribution in [0.5, 0.6) is 5.88 Å². The number of benzene rings is 1. The molecular weight excluding hydrogens is 463 g/mol. The number of sulfone groups is 1. The molecule has 2 aliphatic heterocycles. The molecule has 2 aliphatic rings. The Morgan fingerprint density at radius 2 is 2.06 bits per heavy atom. The van der Waals surface area contributed by atoms with Crippen molar-refractivity contribution in [1.29, 1.82) is 0 Å². The van der Waals surface area contributed by atoms with Crippen LogP contribution < -0.4 is 15.8 Å². The van der Waals surface area contributed by atoms with E-state index in [0.29, 0.717) is 28.4 Å². The third-order valence-electron chi connectivity index (χ3n) is 6.49. The molecule has 34 heavy (non-hydrogen) atoms. The molecule has 3 aromatic rings. The van der Waals surface area contributed by atoms with Crippen molar-refractivity contribution in [3.05, 3.63) is 48.0 Å². The van der Waals surface area contributed by atoms with Crippen molar-refractivity contribution in [1.82, 2.24) is 15.0 Å². The number of nitrogens with zero attached hydrogens (tertiary/aromatic N) is 4. The summed E-state index contributed by atoms with van der Waals surface area (Å²) in [6.07, 6.45) is 3.03. The number of pyridine rings is 1. The van der Waals surface area contributed by atoms with Crippen molar-refractivity contribution in [2.45, 2.75) is 29.4 Å². The lowest BCUT2D eigenvalue weighted by Crippen LogP contribution is -2.60. The zero-order valence-electron chi connectivity index (χ0n) is 18.7. The predicted octanol–water partition coefficient (Wildman–Crippen LogP) is 2.07. The molecule has 3 N–H and O–H groups in total. The number of nitrogens with one attached hydrogen (secondary N) is 1. The predicted molar refractivity (Wildman–Crippen MR) is 124 cm³/mol. The second-order valence-corrected chi connectivity index (χ2v) is 11.4. The Labute approximate surface area is 195 Å². The molecule has 0 bridgehead atoms. The minimum Gasteiger partial charge on any atom is -0.480 e. The Morgan fingerprint density at radius 1 is 1.26 bits per heavy atom. The second kappa shape index (κ2) is 7.57. The number of fused-ring (bicyclic) bond motifs is 2. The Kier molecular flexibility index (Phi) is 4.99. The molecule has 0 saturated carbocycles. The molecule has 4 heterocycles. The van der Waals surface area contributed by atoms with Gasteiger partial charge in [0.05, 0.1) is 32.0 Å². The maximum atomic E-state index is 15.2. The summed E-state index contributed by atoms with van der Waals surface area (Å²) >= 11 is 0. The van der Waals surface area contributed by atoms with Gasteiger partial charge < -0.3 is 20.5 Å². The summed E-state index contributed by atoms with van der Waals surface area (Å²) in [4.78, 5) is 17.6. The van der Waals surface area contributed by atoms with Crippen LogP contribution in [0.4, 0.5) is 15.9 Å². The van der Waals surface area contributed by atoms with Gasteiger partial charge in [-0.2, -0.15) is 0 Å². The number of nitrogens with two attached hydrogens (primary N) is 1.